The molecule has 0 aliphatic heterocycles. The molecule has 0 saturated heterocycles. The van der Waals surface area contributed by atoms with E-state index in [1.54, 1.807) is 12.1 Å². The molecular weight excluding hydrogens is 340 g/mol. The Bertz CT molecular complexity index is 911. The highest BCUT2D eigenvalue weighted by molar-refractivity contribution is 6.07. The number of aromatic carboxylic acids is 2. The number of benzene rings is 1. The van der Waals surface area contributed by atoms with E-state index in [0.717, 1.165) is 25.7 Å². The van der Waals surface area contributed by atoms with Crippen molar-refractivity contribution in [2.75, 3.05) is 5.73 Å². The van der Waals surface area contributed by atoms with Crippen molar-refractivity contribution in [3.05, 3.63) is 45.7 Å². The van der Waals surface area contributed by atoms with Crippen LogP contribution in [0.25, 0.3) is 11.1 Å². The van der Waals surface area contributed by atoms with Crippen LogP contribution in [0.4, 0.5) is 5.82 Å². The first kappa shape index (κ1) is 17.5. The molecule has 1 aliphatic rings. The second-order valence-electron chi connectivity index (χ2n) is 6.15. The topological polar surface area (TPSA) is 143 Å². The fraction of sp³-hybridized carbons (Fsp3) is 0.278. The van der Waals surface area contributed by atoms with E-state index in [1.807, 2.05) is 0 Å². The lowest BCUT2D eigenvalue weighted by Gasteiger charge is -2.15. The van der Waals surface area contributed by atoms with Crippen LogP contribution in [-0.4, -0.2) is 33.2 Å². The summed E-state index contributed by atoms with van der Waals surface area (Å²) in [6.45, 7) is 0. The minimum absolute atomic E-state index is 0.153. The van der Waals surface area contributed by atoms with Crippen LogP contribution in [0.15, 0.2) is 29.1 Å². The van der Waals surface area contributed by atoms with E-state index in [-0.39, 0.29) is 17.2 Å². The highest BCUT2D eigenvalue weighted by Gasteiger charge is 2.26. The number of carboxylic acids is 2. The number of carboxylic acid groups (broad SMARTS) is 2. The zero-order valence-electron chi connectivity index (χ0n) is 13.8. The van der Waals surface area contributed by atoms with Gasteiger partial charge in [0.25, 0.3) is 5.56 Å². The lowest BCUT2D eigenvalue weighted by atomic mass is 9.95. The molecule has 8 nitrogen and oxygen atoms in total. The third-order valence-corrected chi connectivity index (χ3v) is 4.42. The van der Waals surface area contributed by atoms with Crippen molar-refractivity contribution in [3.63, 3.8) is 0 Å². The number of hydrogen-bond acceptors (Lipinski definition) is 5. The van der Waals surface area contributed by atoms with Crippen molar-refractivity contribution in [2.24, 2.45) is 0 Å². The SMILES string of the molecule is Nc1[nH]c(=O)c(C(=O)O)c(-c2ccc(OC3CCCC3)cc2)c1C(=O)O. The fourth-order valence-electron chi connectivity index (χ4n) is 3.23. The van der Waals surface area contributed by atoms with Crippen molar-refractivity contribution in [1.82, 2.24) is 4.98 Å². The number of hydrogen-bond donors (Lipinski definition) is 4. The second kappa shape index (κ2) is 6.91. The molecule has 1 saturated carbocycles. The van der Waals surface area contributed by atoms with Crippen LogP contribution in [-0.2, 0) is 0 Å². The van der Waals surface area contributed by atoms with E-state index in [1.165, 1.54) is 12.1 Å². The Labute approximate surface area is 148 Å². The van der Waals surface area contributed by atoms with Gasteiger partial charge in [0.05, 0.1) is 6.10 Å². The normalized spacial score (nSPS) is 14.3. The number of ether oxygens (including phenoxy) is 1. The highest BCUT2D eigenvalue weighted by atomic mass is 16.5. The van der Waals surface area contributed by atoms with Crippen LogP contribution in [0, 0.1) is 0 Å². The number of H-pyrrole nitrogens is 1. The third-order valence-electron chi connectivity index (χ3n) is 4.42. The predicted octanol–water partition coefficient (Wildman–Crippen LogP) is 2.34. The van der Waals surface area contributed by atoms with Crippen LogP contribution in [0.5, 0.6) is 5.75 Å². The van der Waals surface area contributed by atoms with Gasteiger partial charge in [-0.05, 0) is 43.4 Å². The molecule has 0 unspecified atom stereocenters. The number of nitrogens with one attached hydrogen (secondary N) is 1. The number of anilines is 1. The molecule has 1 fully saturated rings. The van der Waals surface area contributed by atoms with E-state index in [9.17, 15) is 24.6 Å². The molecule has 0 amide bonds. The van der Waals surface area contributed by atoms with E-state index in [4.69, 9.17) is 10.5 Å². The number of carbonyl (C=O) groups is 2. The number of pyridine rings is 1. The number of aromatic amines is 1. The monoisotopic (exact) mass is 358 g/mol. The Morgan fingerprint density at radius 3 is 2.15 bits per heavy atom. The van der Waals surface area contributed by atoms with Gasteiger partial charge in [0.2, 0.25) is 0 Å². The van der Waals surface area contributed by atoms with Gasteiger partial charge in [-0.1, -0.05) is 12.1 Å². The molecule has 8 heteroatoms. The summed E-state index contributed by atoms with van der Waals surface area (Å²) in [7, 11) is 0. The Morgan fingerprint density at radius 2 is 1.62 bits per heavy atom. The fourth-order valence-corrected chi connectivity index (χ4v) is 3.23. The Hall–Kier alpha value is -3.29. The van der Waals surface area contributed by atoms with Crippen LogP contribution < -0.4 is 16.0 Å². The molecular formula is C18H18N2O6. The number of aromatic nitrogens is 1. The lowest BCUT2D eigenvalue weighted by molar-refractivity contribution is 0.0695. The van der Waals surface area contributed by atoms with Gasteiger partial charge < -0.3 is 25.7 Å². The molecule has 0 spiro atoms. The standard InChI is InChI=1S/C18H18N2O6/c19-15-13(17(22)23)12(14(18(24)25)16(21)20-15)9-5-7-11(8-6-9)26-10-3-1-2-4-10/h5-8,10H,1-4H2,(H,22,23)(H,24,25)(H3,19,20,21). The van der Waals surface area contributed by atoms with Gasteiger partial charge in [0, 0.05) is 5.56 Å². The Balaban J connectivity index is 2.08. The van der Waals surface area contributed by atoms with Crippen LogP contribution in [0.1, 0.15) is 46.4 Å². The summed E-state index contributed by atoms with van der Waals surface area (Å²) < 4.78 is 5.84. The largest absolute Gasteiger partial charge is 0.490 e. The maximum absolute atomic E-state index is 12.0. The maximum Gasteiger partial charge on any atom is 0.342 e. The average molecular weight is 358 g/mol. The van der Waals surface area contributed by atoms with Crippen LogP contribution in [0.2, 0.25) is 0 Å². The van der Waals surface area contributed by atoms with Crippen molar-refractivity contribution >= 4 is 17.8 Å². The molecule has 1 aromatic heterocycles. The first-order chi connectivity index (χ1) is 12.4. The number of rotatable bonds is 5. The minimum atomic E-state index is -1.53. The summed E-state index contributed by atoms with van der Waals surface area (Å²) in [6, 6.07) is 6.30. The molecule has 3 rings (SSSR count). The average Bonchev–Trinajstić information content (AvgIpc) is 3.07. The summed E-state index contributed by atoms with van der Waals surface area (Å²) in [6.07, 6.45) is 4.37. The summed E-state index contributed by atoms with van der Waals surface area (Å²) in [4.78, 5) is 37.2. The van der Waals surface area contributed by atoms with Gasteiger partial charge in [-0.15, -0.1) is 0 Å². The Morgan fingerprint density at radius 1 is 1.04 bits per heavy atom. The van der Waals surface area contributed by atoms with Crippen molar-refractivity contribution in [3.8, 4) is 16.9 Å². The second-order valence-corrected chi connectivity index (χ2v) is 6.15. The molecule has 2 aromatic rings. The molecule has 0 radical (unpaired) electrons. The third kappa shape index (κ3) is 3.26. The highest BCUT2D eigenvalue weighted by Crippen LogP contribution is 2.31. The first-order valence-corrected chi connectivity index (χ1v) is 8.18. The van der Waals surface area contributed by atoms with Gasteiger partial charge in [-0.3, -0.25) is 4.79 Å². The molecule has 1 aromatic carbocycles. The quantitative estimate of drug-likeness (QED) is 0.642. The summed E-state index contributed by atoms with van der Waals surface area (Å²) in [5.74, 6) is -2.75. The molecule has 5 N–H and O–H groups in total. The smallest absolute Gasteiger partial charge is 0.342 e. The number of nitrogen functional groups attached to an aromatic ring is 1. The van der Waals surface area contributed by atoms with E-state index < -0.39 is 34.4 Å². The van der Waals surface area contributed by atoms with Gasteiger partial charge in [0.15, 0.2) is 0 Å². The zero-order chi connectivity index (χ0) is 18.8. The zero-order valence-corrected chi connectivity index (χ0v) is 13.8. The molecule has 1 heterocycles. The van der Waals surface area contributed by atoms with Gasteiger partial charge in [0.1, 0.15) is 22.7 Å². The molecule has 0 bridgehead atoms. The van der Waals surface area contributed by atoms with Crippen LogP contribution >= 0.6 is 0 Å². The first-order valence-electron chi connectivity index (χ1n) is 8.18. The van der Waals surface area contributed by atoms with Crippen molar-refractivity contribution in [1.29, 1.82) is 0 Å². The summed E-state index contributed by atoms with van der Waals surface area (Å²) in [5, 5.41) is 18.8. The van der Waals surface area contributed by atoms with Gasteiger partial charge in [-0.25, -0.2) is 9.59 Å². The Kier molecular flexibility index (Phi) is 4.66. The van der Waals surface area contributed by atoms with Crippen LogP contribution in [0.3, 0.4) is 0 Å². The van der Waals surface area contributed by atoms with Crippen molar-refractivity contribution < 1.29 is 24.5 Å². The molecule has 136 valence electrons. The predicted molar refractivity (Wildman–Crippen MR) is 93.7 cm³/mol. The maximum atomic E-state index is 12.0. The molecule has 1 aliphatic carbocycles. The van der Waals surface area contributed by atoms with E-state index in [2.05, 4.69) is 4.98 Å². The minimum Gasteiger partial charge on any atom is -0.490 e. The molecule has 26 heavy (non-hydrogen) atoms. The molecule has 0 atom stereocenters. The van der Waals surface area contributed by atoms with Gasteiger partial charge >= 0.3 is 11.9 Å². The van der Waals surface area contributed by atoms with Gasteiger partial charge in [-0.2, -0.15) is 0 Å². The van der Waals surface area contributed by atoms with E-state index >= 15 is 0 Å². The van der Waals surface area contributed by atoms with Crippen molar-refractivity contribution in [2.45, 2.75) is 31.8 Å². The van der Waals surface area contributed by atoms with E-state index in [0.29, 0.717) is 5.75 Å². The summed E-state index contributed by atoms with van der Waals surface area (Å²) in [5.41, 5.74) is 3.58. The summed E-state index contributed by atoms with van der Waals surface area (Å²) >= 11 is 0. The number of nitrogens with two attached hydrogens (primary N) is 1. The lowest BCUT2D eigenvalue weighted by Crippen LogP contribution is -2.24.